The zero-order chi connectivity index (χ0) is 14.9. The molecule has 2 aromatic rings. The van der Waals surface area contributed by atoms with E-state index in [-0.39, 0.29) is 11.6 Å². The highest BCUT2D eigenvalue weighted by atomic mass is 127. The maximum Gasteiger partial charge on any atom is 0.256 e. The summed E-state index contributed by atoms with van der Waals surface area (Å²) in [6, 6.07) is 6.09. The lowest BCUT2D eigenvalue weighted by Gasteiger charge is -2.17. The van der Waals surface area contributed by atoms with Crippen LogP contribution in [0.15, 0.2) is 23.0 Å². The van der Waals surface area contributed by atoms with Gasteiger partial charge in [0.25, 0.3) is 5.56 Å². The van der Waals surface area contributed by atoms with Crippen molar-refractivity contribution in [3.8, 4) is 0 Å². The van der Waals surface area contributed by atoms with Crippen LogP contribution in [0.25, 0.3) is 0 Å². The van der Waals surface area contributed by atoms with Crippen molar-refractivity contribution in [3.05, 3.63) is 54.8 Å². The third-order valence-corrected chi connectivity index (χ3v) is 4.41. The van der Waals surface area contributed by atoms with Crippen molar-refractivity contribution in [1.82, 2.24) is 9.97 Å². The van der Waals surface area contributed by atoms with Gasteiger partial charge >= 0.3 is 0 Å². The van der Waals surface area contributed by atoms with E-state index in [4.69, 9.17) is 0 Å². The number of anilines is 1. The largest absolute Gasteiger partial charge is 0.378 e. The molecule has 1 atom stereocenters. The molecule has 0 fully saturated rings. The normalized spacial score (nSPS) is 12.2. The number of nitrogens with zero attached hydrogens (tertiary/aromatic N) is 1. The second-order valence-corrected chi connectivity index (χ2v) is 6.14. The molecule has 0 saturated carbocycles. The van der Waals surface area contributed by atoms with E-state index < -0.39 is 0 Å². The fraction of sp³-hybridized carbons (Fsp3) is 0.333. The van der Waals surface area contributed by atoms with Gasteiger partial charge in [0.15, 0.2) is 0 Å². The summed E-state index contributed by atoms with van der Waals surface area (Å²) in [5.74, 6) is 0.647. The smallest absolute Gasteiger partial charge is 0.256 e. The molecule has 20 heavy (non-hydrogen) atoms. The second kappa shape index (κ2) is 5.95. The third kappa shape index (κ3) is 3.20. The fourth-order valence-corrected chi connectivity index (χ4v) is 2.77. The highest BCUT2D eigenvalue weighted by molar-refractivity contribution is 14.1. The minimum Gasteiger partial charge on any atom is -0.378 e. The lowest BCUT2D eigenvalue weighted by Crippen LogP contribution is -2.23. The van der Waals surface area contributed by atoms with Gasteiger partial charge in [-0.05, 0) is 68.0 Å². The van der Waals surface area contributed by atoms with Gasteiger partial charge in [0, 0.05) is 9.26 Å². The summed E-state index contributed by atoms with van der Waals surface area (Å²) < 4.78 is 1.20. The zero-order valence-corrected chi connectivity index (χ0v) is 14.2. The summed E-state index contributed by atoms with van der Waals surface area (Å²) in [4.78, 5) is 19.2. The summed E-state index contributed by atoms with van der Waals surface area (Å²) in [7, 11) is 0. The topological polar surface area (TPSA) is 57.8 Å². The first-order valence-corrected chi connectivity index (χ1v) is 7.56. The van der Waals surface area contributed by atoms with E-state index >= 15 is 0 Å². The van der Waals surface area contributed by atoms with Crippen molar-refractivity contribution in [2.75, 3.05) is 5.32 Å². The minimum atomic E-state index is -0.0923. The van der Waals surface area contributed by atoms with Crippen molar-refractivity contribution in [2.45, 2.75) is 33.7 Å². The Morgan fingerprint density at radius 2 is 2.00 bits per heavy atom. The molecule has 1 unspecified atom stereocenters. The number of nitrogens with one attached hydrogen (secondary N) is 2. The van der Waals surface area contributed by atoms with Crippen LogP contribution in [-0.2, 0) is 0 Å². The number of aromatic amines is 1. The molecule has 0 radical (unpaired) electrons. The highest BCUT2D eigenvalue weighted by Gasteiger charge is 2.14. The van der Waals surface area contributed by atoms with Gasteiger partial charge in [-0.1, -0.05) is 6.07 Å². The predicted octanol–water partition coefficient (Wildman–Crippen LogP) is 3.47. The van der Waals surface area contributed by atoms with Crippen LogP contribution in [-0.4, -0.2) is 9.97 Å². The van der Waals surface area contributed by atoms with Crippen molar-refractivity contribution in [2.24, 2.45) is 0 Å². The van der Waals surface area contributed by atoms with Gasteiger partial charge in [-0.25, -0.2) is 4.98 Å². The van der Waals surface area contributed by atoms with Crippen LogP contribution in [0.1, 0.15) is 35.6 Å². The molecule has 0 saturated heterocycles. The Hall–Kier alpha value is -1.37. The maximum atomic E-state index is 12.1. The van der Waals surface area contributed by atoms with Crippen LogP contribution >= 0.6 is 22.6 Å². The summed E-state index contributed by atoms with van der Waals surface area (Å²) >= 11 is 2.31. The molecule has 1 aromatic heterocycles. The third-order valence-electron chi connectivity index (χ3n) is 3.25. The van der Waals surface area contributed by atoms with Crippen LogP contribution in [0, 0.1) is 24.3 Å². The first kappa shape index (κ1) is 15.0. The van der Waals surface area contributed by atoms with Crippen LogP contribution < -0.4 is 10.9 Å². The molecule has 2 rings (SSSR count). The van der Waals surface area contributed by atoms with Gasteiger partial charge < -0.3 is 10.3 Å². The molecule has 4 nitrogen and oxygen atoms in total. The number of H-pyrrole nitrogens is 1. The van der Waals surface area contributed by atoms with Crippen LogP contribution in [0.4, 0.5) is 5.69 Å². The van der Waals surface area contributed by atoms with E-state index in [1.54, 1.807) is 6.92 Å². The molecule has 0 aliphatic heterocycles. The number of hydrogen-bond acceptors (Lipinski definition) is 3. The summed E-state index contributed by atoms with van der Waals surface area (Å²) in [6.07, 6.45) is 0. The predicted molar refractivity (Wildman–Crippen MR) is 90.3 cm³/mol. The van der Waals surface area contributed by atoms with Crippen LogP contribution in [0.2, 0.25) is 0 Å². The maximum absolute atomic E-state index is 12.1. The van der Waals surface area contributed by atoms with Gasteiger partial charge in [0.2, 0.25) is 0 Å². The van der Waals surface area contributed by atoms with E-state index in [0.717, 1.165) is 11.4 Å². The Labute approximate surface area is 132 Å². The summed E-state index contributed by atoms with van der Waals surface area (Å²) in [6.45, 7) is 7.71. The molecule has 0 aliphatic carbocycles. The molecule has 0 aliphatic rings. The molecule has 2 N–H and O–H groups in total. The second-order valence-electron chi connectivity index (χ2n) is 4.98. The minimum absolute atomic E-state index is 0.0724. The Balaban J connectivity index is 2.30. The van der Waals surface area contributed by atoms with Gasteiger partial charge in [-0.15, -0.1) is 0 Å². The summed E-state index contributed by atoms with van der Waals surface area (Å²) in [5, 5.41) is 3.36. The molecule has 0 amide bonds. The number of benzene rings is 1. The number of aromatic nitrogens is 2. The van der Waals surface area contributed by atoms with Crippen molar-refractivity contribution >= 4 is 28.3 Å². The Morgan fingerprint density at radius 1 is 1.30 bits per heavy atom. The Kier molecular flexibility index (Phi) is 4.47. The SMILES string of the molecule is Cc1nc(C)c(C(C)Nc2ccc(C)c(I)c2)c(=O)[nH]1. The molecular weight excluding hydrogens is 365 g/mol. The van der Waals surface area contributed by atoms with Crippen molar-refractivity contribution in [1.29, 1.82) is 0 Å². The van der Waals surface area contributed by atoms with Crippen molar-refractivity contribution < 1.29 is 0 Å². The number of rotatable bonds is 3. The lowest BCUT2D eigenvalue weighted by molar-refractivity contribution is 0.814. The van der Waals surface area contributed by atoms with E-state index in [1.807, 2.05) is 19.9 Å². The molecule has 1 heterocycles. The van der Waals surface area contributed by atoms with Crippen LogP contribution in [0.3, 0.4) is 0 Å². The van der Waals surface area contributed by atoms with E-state index in [9.17, 15) is 4.79 Å². The lowest BCUT2D eigenvalue weighted by atomic mass is 10.1. The fourth-order valence-electron chi connectivity index (χ4n) is 2.25. The number of hydrogen-bond donors (Lipinski definition) is 2. The van der Waals surface area contributed by atoms with Crippen molar-refractivity contribution in [3.63, 3.8) is 0 Å². The zero-order valence-electron chi connectivity index (χ0n) is 12.0. The molecule has 0 spiro atoms. The quantitative estimate of drug-likeness (QED) is 0.799. The first-order valence-electron chi connectivity index (χ1n) is 6.48. The van der Waals surface area contributed by atoms with E-state index in [0.29, 0.717) is 11.4 Å². The standard InChI is InChI=1S/C15H18IN3O/c1-8-5-6-12(7-13(8)16)18-10(3)14-9(2)17-11(4)19-15(14)20/h5-7,10,18H,1-4H3,(H,17,19,20). The van der Waals surface area contributed by atoms with Gasteiger partial charge in [-0.2, -0.15) is 0 Å². The van der Waals surface area contributed by atoms with Gasteiger partial charge in [0.05, 0.1) is 17.3 Å². The molecule has 106 valence electrons. The molecule has 0 bridgehead atoms. The summed E-state index contributed by atoms with van der Waals surface area (Å²) in [5.41, 5.74) is 3.64. The number of aryl methyl sites for hydroxylation is 3. The Morgan fingerprint density at radius 3 is 2.60 bits per heavy atom. The monoisotopic (exact) mass is 383 g/mol. The average Bonchev–Trinajstić information content (AvgIpc) is 2.32. The highest BCUT2D eigenvalue weighted by Crippen LogP contribution is 2.22. The molecular formula is C15H18IN3O. The molecule has 5 heteroatoms. The first-order chi connectivity index (χ1) is 9.38. The van der Waals surface area contributed by atoms with E-state index in [1.165, 1.54) is 9.13 Å². The Bertz CT molecular complexity index is 694. The van der Waals surface area contributed by atoms with Crippen LogP contribution in [0.5, 0.6) is 0 Å². The van der Waals surface area contributed by atoms with Gasteiger partial charge in [0.1, 0.15) is 5.82 Å². The van der Waals surface area contributed by atoms with Gasteiger partial charge in [-0.3, -0.25) is 4.79 Å². The number of halogens is 1. The average molecular weight is 383 g/mol. The van der Waals surface area contributed by atoms with E-state index in [2.05, 4.69) is 56.9 Å². The molecule has 1 aromatic carbocycles.